The van der Waals surface area contributed by atoms with Crippen molar-refractivity contribution in [1.82, 2.24) is 0 Å². The lowest BCUT2D eigenvalue weighted by Gasteiger charge is -2.42. The zero-order valence-electron chi connectivity index (χ0n) is 36.9. The summed E-state index contributed by atoms with van der Waals surface area (Å²) in [5.41, 5.74) is 0. The van der Waals surface area contributed by atoms with Crippen molar-refractivity contribution in [1.29, 1.82) is 0 Å². The van der Waals surface area contributed by atoms with Gasteiger partial charge in [-0.3, -0.25) is 9.59 Å². The number of unbranched alkanes of at least 4 members (excludes halogenated alkanes) is 14. The van der Waals surface area contributed by atoms with E-state index in [4.69, 9.17) is 28.4 Å². The average Bonchev–Trinajstić information content (AvgIpc) is 3.25. The highest BCUT2D eigenvalue weighted by molar-refractivity contribution is 5.70. The zero-order chi connectivity index (χ0) is 44.7. The minimum Gasteiger partial charge on any atom is -0.462 e. The van der Waals surface area contributed by atoms with Crippen LogP contribution >= 0.6 is 0 Å². The Balaban J connectivity index is 1.87. The maximum absolute atomic E-state index is 12.9. The molecule has 354 valence electrons. The number of ether oxygens (including phenoxy) is 6. The molecular formula is C46H80O15. The normalized spacial score (nSPS) is 27.6. The quantitative estimate of drug-likeness (QED) is 0.0257. The van der Waals surface area contributed by atoms with Crippen LogP contribution in [-0.2, 0) is 38.0 Å². The molecule has 0 aromatic heterocycles. The smallest absolute Gasteiger partial charge is 0.306 e. The van der Waals surface area contributed by atoms with Gasteiger partial charge in [-0.1, -0.05) is 108 Å². The third-order valence-electron chi connectivity index (χ3n) is 10.8. The fourth-order valence-corrected chi connectivity index (χ4v) is 6.95. The number of hydrogen-bond donors (Lipinski definition) is 7. The highest BCUT2D eigenvalue weighted by Gasteiger charge is 2.47. The summed E-state index contributed by atoms with van der Waals surface area (Å²) in [6.07, 6.45) is 16.2. The molecule has 0 radical (unpaired) electrons. The summed E-state index contributed by atoms with van der Waals surface area (Å²) in [7, 11) is 0. The van der Waals surface area contributed by atoms with Crippen molar-refractivity contribution in [2.24, 2.45) is 0 Å². The molecule has 2 aliphatic heterocycles. The number of allylic oxidation sites excluding steroid dienone is 6. The summed E-state index contributed by atoms with van der Waals surface area (Å²) in [4.78, 5) is 25.6. The van der Waals surface area contributed by atoms with Crippen molar-refractivity contribution >= 4 is 11.9 Å². The van der Waals surface area contributed by atoms with E-state index < -0.39 is 99.3 Å². The van der Waals surface area contributed by atoms with E-state index in [2.05, 4.69) is 50.3 Å². The third-order valence-corrected chi connectivity index (χ3v) is 10.8. The SMILES string of the molecule is CCC/C=C\C/C=C\CCCCCCCC(=O)OC(COC(=O)CCCCCCC/C=C\CCCCC)COC1OC(COC2OC(CO)C(O)C(O)C2O)C(O)C(O)C1O. The van der Waals surface area contributed by atoms with Gasteiger partial charge in [0.1, 0.15) is 55.4 Å². The second-order valence-corrected chi connectivity index (χ2v) is 16.2. The highest BCUT2D eigenvalue weighted by Crippen LogP contribution is 2.26. The lowest BCUT2D eigenvalue weighted by molar-refractivity contribution is -0.332. The largest absolute Gasteiger partial charge is 0.462 e. The number of esters is 2. The van der Waals surface area contributed by atoms with Crippen LogP contribution in [0.5, 0.6) is 0 Å². The van der Waals surface area contributed by atoms with Crippen LogP contribution < -0.4 is 0 Å². The second kappa shape index (κ2) is 34.2. The fourth-order valence-electron chi connectivity index (χ4n) is 6.95. The molecule has 61 heavy (non-hydrogen) atoms. The molecule has 0 spiro atoms. The molecule has 0 aromatic rings. The summed E-state index contributed by atoms with van der Waals surface area (Å²) < 4.78 is 33.4. The van der Waals surface area contributed by atoms with Crippen molar-refractivity contribution in [2.45, 2.75) is 216 Å². The van der Waals surface area contributed by atoms with Crippen LogP contribution in [0.15, 0.2) is 36.5 Å². The molecule has 2 heterocycles. The van der Waals surface area contributed by atoms with Gasteiger partial charge in [-0.15, -0.1) is 0 Å². The first-order chi connectivity index (χ1) is 29.5. The van der Waals surface area contributed by atoms with E-state index in [1.807, 2.05) is 0 Å². The summed E-state index contributed by atoms with van der Waals surface area (Å²) in [5, 5.41) is 71.8. The van der Waals surface area contributed by atoms with Crippen LogP contribution in [0.25, 0.3) is 0 Å². The maximum Gasteiger partial charge on any atom is 0.306 e. The van der Waals surface area contributed by atoms with E-state index in [-0.39, 0.29) is 19.4 Å². The van der Waals surface area contributed by atoms with E-state index >= 15 is 0 Å². The summed E-state index contributed by atoms with van der Waals surface area (Å²) >= 11 is 0. The standard InChI is InChI=1S/C46H80O15/c1-3-5-7-9-11-13-15-17-19-21-23-25-27-29-38(49)59-34(31-56-37(48)28-26-24-22-20-18-16-14-12-10-8-6-4-2)32-57-45-44(55)42(53)40(51)36(61-45)33-58-46-43(54)41(52)39(50)35(30-47)60-46/h7,9,12-15,34-36,39-47,50-55H,3-6,8,10-11,16-33H2,1-2H3/b9-7-,14-12-,15-13-. The van der Waals surface area contributed by atoms with Gasteiger partial charge in [0.25, 0.3) is 0 Å². The van der Waals surface area contributed by atoms with Gasteiger partial charge in [0.05, 0.1) is 19.8 Å². The van der Waals surface area contributed by atoms with Crippen molar-refractivity contribution < 1.29 is 73.8 Å². The van der Waals surface area contributed by atoms with Gasteiger partial charge in [0.2, 0.25) is 0 Å². The minimum absolute atomic E-state index is 0.147. The van der Waals surface area contributed by atoms with Crippen molar-refractivity contribution in [3.05, 3.63) is 36.5 Å². The molecule has 0 aromatic carbocycles. The Hall–Kier alpha value is -2.28. The van der Waals surface area contributed by atoms with E-state index in [1.54, 1.807) is 0 Å². The van der Waals surface area contributed by atoms with Gasteiger partial charge in [0, 0.05) is 12.8 Å². The Bertz CT molecular complexity index is 1210. The highest BCUT2D eigenvalue weighted by atomic mass is 16.7. The fraction of sp³-hybridized carbons (Fsp3) is 0.826. The molecule has 2 fully saturated rings. The van der Waals surface area contributed by atoms with E-state index in [0.29, 0.717) is 12.8 Å². The summed E-state index contributed by atoms with van der Waals surface area (Å²) in [6, 6.07) is 0. The Morgan fingerprint density at radius 1 is 0.525 bits per heavy atom. The van der Waals surface area contributed by atoms with E-state index in [1.165, 1.54) is 19.3 Å². The average molecular weight is 873 g/mol. The van der Waals surface area contributed by atoms with E-state index in [0.717, 1.165) is 89.9 Å². The minimum atomic E-state index is -1.77. The van der Waals surface area contributed by atoms with Gasteiger partial charge in [-0.05, 0) is 64.2 Å². The van der Waals surface area contributed by atoms with Crippen molar-refractivity contribution in [3.63, 3.8) is 0 Å². The lowest BCUT2D eigenvalue weighted by Crippen LogP contribution is -2.61. The molecule has 2 rings (SSSR count). The first-order valence-electron chi connectivity index (χ1n) is 23.1. The molecule has 11 atom stereocenters. The molecule has 0 bridgehead atoms. The van der Waals surface area contributed by atoms with Gasteiger partial charge in [-0.2, -0.15) is 0 Å². The molecule has 0 aliphatic carbocycles. The molecular weight excluding hydrogens is 792 g/mol. The van der Waals surface area contributed by atoms with Crippen LogP contribution in [-0.4, -0.2) is 142 Å². The van der Waals surface area contributed by atoms with Crippen LogP contribution in [0.3, 0.4) is 0 Å². The molecule has 2 saturated heterocycles. The molecule has 7 N–H and O–H groups in total. The molecule has 0 amide bonds. The van der Waals surface area contributed by atoms with E-state index in [9.17, 15) is 45.3 Å². The molecule has 15 nitrogen and oxygen atoms in total. The second-order valence-electron chi connectivity index (χ2n) is 16.2. The first-order valence-corrected chi connectivity index (χ1v) is 23.1. The summed E-state index contributed by atoms with van der Waals surface area (Å²) in [5.74, 6) is -0.956. The van der Waals surface area contributed by atoms with Crippen molar-refractivity contribution in [3.8, 4) is 0 Å². The molecule has 15 heteroatoms. The predicted octanol–water partition coefficient (Wildman–Crippen LogP) is 4.98. The monoisotopic (exact) mass is 873 g/mol. The maximum atomic E-state index is 12.9. The van der Waals surface area contributed by atoms with Crippen LogP contribution in [0.1, 0.15) is 149 Å². The molecule has 11 unspecified atom stereocenters. The lowest BCUT2D eigenvalue weighted by atomic mass is 9.98. The van der Waals surface area contributed by atoms with Gasteiger partial charge in [-0.25, -0.2) is 0 Å². The Morgan fingerprint density at radius 2 is 1.02 bits per heavy atom. The van der Waals surface area contributed by atoms with Gasteiger partial charge in [0.15, 0.2) is 18.7 Å². The number of aliphatic hydroxyl groups excluding tert-OH is 7. The third kappa shape index (κ3) is 23.3. The Morgan fingerprint density at radius 3 is 1.61 bits per heavy atom. The number of hydrogen-bond acceptors (Lipinski definition) is 15. The predicted molar refractivity (Wildman–Crippen MR) is 229 cm³/mol. The van der Waals surface area contributed by atoms with Gasteiger partial charge >= 0.3 is 11.9 Å². The zero-order valence-corrected chi connectivity index (χ0v) is 36.9. The topological polar surface area (TPSA) is 231 Å². The number of aliphatic hydroxyl groups is 7. The number of carbonyl (C=O) groups excluding carboxylic acids is 2. The molecule has 0 saturated carbocycles. The van der Waals surface area contributed by atoms with Crippen LogP contribution in [0.4, 0.5) is 0 Å². The first kappa shape index (κ1) is 54.9. The van der Waals surface area contributed by atoms with Crippen LogP contribution in [0.2, 0.25) is 0 Å². The van der Waals surface area contributed by atoms with Crippen LogP contribution in [0, 0.1) is 0 Å². The Labute approximate surface area is 364 Å². The molecule has 2 aliphatic rings. The number of rotatable bonds is 34. The van der Waals surface area contributed by atoms with Crippen molar-refractivity contribution in [2.75, 3.05) is 26.4 Å². The number of carbonyl (C=O) groups is 2. The summed E-state index contributed by atoms with van der Waals surface area (Å²) in [6.45, 7) is 2.45. The Kier molecular flexibility index (Phi) is 30.7. The van der Waals surface area contributed by atoms with Gasteiger partial charge < -0.3 is 64.2 Å².